The van der Waals surface area contributed by atoms with Crippen LogP contribution < -0.4 is 0 Å². The van der Waals surface area contributed by atoms with Crippen molar-refractivity contribution in [1.29, 1.82) is 0 Å². The van der Waals surface area contributed by atoms with E-state index in [1.54, 1.807) is 0 Å². The number of aliphatic hydroxyl groups excluding tert-OH is 1. The first-order valence-corrected chi connectivity index (χ1v) is 10.5. The highest BCUT2D eigenvalue weighted by atomic mass is 32.1. The Morgan fingerprint density at radius 1 is 1.19 bits per heavy atom. The zero-order valence-electron chi connectivity index (χ0n) is 15.3. The van der Waals surface area contributed by atoms with Gasteiger partial charge in [-0.2, -0.15) is 5.10 Å². The van der Waals surface area contributed by atoms with Gasteiger partial charge in [0.1, 0.15) is 10.5 Å². The molecule has 2 fully saturated rings. The van der Waals surface area contributed by atoms with Crippen molar-refractivity contribution in [2.75, 3.05) is 0 Å². The number of piperidine rings is 2. The van der Waals surface area contributed by atoms with E-state index in [2.05, 4.69) is 22.1 Å². The second kappa shape index (κ2) is 6.46. The van der Waals surface area contributed by atoms with E-state index in [9.17, 15) is 9.90 Å². The highest BCUT2D eigenvalue weighted by molar-refractivity contribution is 7.20. The number of carbonyl (C=O) groups is 1. The largest absolute Gasteiger partial charge is 0.393 e. The van der Waals surface area contributed by atoms with Crippen LogP contribution in [-0.2, 0) is 7.05 Å². The number of thiophene rings is 1. The zero-order chi connectivity index (χ0) is 18.5. The third-order valence-electron chi connectivity index (χ3n) is 5.95. The van der Waals surface area contributed by atoms with Crippen LogP contribution in [-0.4, -0.2) is 43.9 Å². The molecule has 2 bridgehead atoms. The first-order chi connectivity index (χ1) is 13.1. The Labute approximate surface area is 162 Å². The molecule has 5 nitrogen and oxygen atoms in total. The first-order valence-electron chi connectivity index (χ1n) is 9.64. The van der Waals surface area contributed by atoms with Gasteiger partial charge in [-0.05, 0) is 38.2 Å². The summed E-state index contributed by atoms with van der Waals surface area (Å²) in [6.45, 7) is 0. The molecule has 1 amide bonds. The normalized spacial score (nSPS) is 25.1. The molecule has 0 spiro atoms. The minimum absolute atomic E-state index is 0.122. The number of amides is 1. The van der Waals surface area contributed by atoms with E-state index in [1.165, 1.54) is 11.3 Å². The molecule has 0 radical (unpaired) electrons. The maximum atomic E-state index is 13.4. The number of aliphatic hydroxyl groups is 1. The van der Waals surface area contributed by atoms with Crippen molar-refractivity contribution in [3.05, 3.63) is 41.3 Å². The van der Waals surface area contributed by atoms with Gasteiger partial charge >= 0.3 is 0 Å². The highest BCUT2D eigenvalue weighted by Gasteiger charge is 2.41. The molecular formula is C21H23N3O2S. The summed E-state index contributed by atoms with van der Waals surface area (Å²) < 4.78 is 1.87. The van der Waals surface area contributed by atoms with E-state index in [0.29, 0.717) is 12.8 Å². The highest BCUT2D eigenvalue weighted by Crippen LogP contribution is 2.38. The van der Waals surface area contributed by atoms with E-state index in [-0.39, 0.29) is 24.1 Å². The minimum Gasteiger partial charge on any atom is -0.393 e. The van der Waals surface area contributed by atoms with Crippen LogP contribution in [0.2, 0.25) is 0 Å². The molecule has 5 rings (SSSR count). The number of rotatable bonds is 2. The van der Waals surface area contributed by atoms with E-state index in [0.717, 1.165) is 45.6 Å². The lowest BCUT2D eigenvalue weighted by molar-refractivity contribution is -0.0148. The van der Waals surface area contributed by atoms with E-state index < -0.39 is 0 Å². The number of aryl methyl sites for hydroxylation is 1. The molecule has 2 aliphatic heterocycles. The molecule has 1 N–H and O–H groups in total. The first kappa shape index (κ1) is 17.0. The van der Waals surface area contributed by atoms with Crippen molar-refractivity contribution >= 4 is 27.5 Å². The van der Waals surface area contributed by atoms with Crippen molar-refractivity contribution in [2.24, 2.45) is 7.05 Å². The zero-order valence-corrected chi connectivity index (χ0v) is 16.2. The fourth-order valence-electron chi connectivity index (χ4n) is 4.77. The summed E-state index contributed by atoms with van der Waals surface area (Å²) in [5, 5.41) is 15.8. The van der Waals surface area contributed by atoms with Crippen LogP contribution in [0.15, 0.2) is 36.4 Å². The Morgan fingerprint density at radius 2 is 1.89 bits per heavy atom. The van der Waals surface area contributed by atoms with Gasteiger partial charge in [0.25, 0.3) is 5.91 Å². The Morgan fingerprint density at radius 3 is 2.59 bits per heavy atom. The summed E-state index contributed by atoms with van der Waals surface area (Å²) in [5.74, 6) is 0.122. The fraction of sp³-hybridized carbons (Fsp3) is 0.429. The number of benzene rings is 1. The van der Waals surface area contributed by atoms with Gasteiger partial charge in [0.15, 0.2) is 0 Å². The Hall–Kier alpha value is -2.18. The van der Waals surface area contributed by atoms with Crippen LogP contribution in [0.5, 0.6) is 0 Å². The molecule has 2 aromatic heterocycles. The standard InChI is InChI=1S/C21H23N3O2S/c1-23-21-17(19(22-23)13-6-3-2-4-7-13)12-18(27-21)20(26)24-14-8-5-9-15(24)11-16(25)10-14/h2-4,6-7,12,14-16,25H,5,8-11H2,1H3/t14-,15+,16?. The second-order valence-electron chi connectivity index (χ2n) is 7.74. The Balaban J connectivity index is 1.53. The van der Waals surface area contributed by atoms with Gasteiger partial charge in [0.05, 0.1) is 11.0 Å². The van der Waals surface area contributed by atoms with E-state index in [1.807, 2.05) is 36.0 Å². The molecule has 0 aliphatic carbocycles. The lowest BCUT2D eigenvalue weighted by atomic mass is 9.83. The summed E-state index contributed by atoms with van der Waals surface area (Å²) in [4.78, 5) is 17.2. The van der Waals surface area contributed by atoms with Gasteiger partial charge in [0, 0.05) is 30.1 Å². The molecule has 2 aliphatic rings. The molecule has 1 aromatic carbocycles. The third kappa shape index (κ3) is 2.78. The lowest BCUT2D eigenvalue weighted by Crippen LogP contribution is -2.55. The SMILES string of the molecule is Cn1nc(-c2ccccc2)c2cc(C(=O)N3[C@@H]4CCC[C@H]3CC(O)C4)sc21. The summed E-state index contributed by atoms with van der Waals surface area (Å²) in [6, 6.07) is 12.5. The number of hydrogen-bond acceptors (Lipinski definition) is 4. The van der Waals surface area contributed by atoms with Crippen LogP contribution in [0.25, 0.3) is 21.5 Å². The number of hydrogen-bond donors (Lipinski definition) is 1. The summed E-state index contributed by atoms with van der Waals surface area (Å²) in [7, 11) is 1.94. The van der Waals surface area contributed by atoms with Crippen LogP contribution in [0, 0.1) is 0 Å². The topological polar surface area (TPSA) is 58.4 Å². The minimum atomic E-state index is -0.263. The van der Waals surface area contributed by atoms with Crippen LogP contribution in [0.3, 0.4) is 0 Å². The van der Waals surface area contributed by atoms with Crippen LogP contribution >= 0.6 is 11.3 Å². The quantitative estimate of drug-likeness (QED) is 0.734. The Bertz CT molecular complexity index is 980. The van der Waals surface area contributed by atoms with E-state index >= 15 is 0 Å². The van der Waals surface area contributed by atoms with Crippen molar-refractivity contribution in [1.82, 2.24) is 14.7 Å². The predicted octanol–water partition coefficient (Wildman–Crippen LogP) is 3.82. The van der Waals surface area contributed by atoms with Crippen molar-refractivity contribution in [3.8, 4) is 11.3 Å². The summed E-state index contributed by atoms with van der Waals surface area (Å²) >= 11 is 1.53. The molecule has 6 heteroatoms. The lowest BCUT2D eigenvalue weighted by Gasteiger charge is -2.47. The number of fused-ring (bicyclic) bond motifs is 3. The van der Waals surface area contributed by atoms with E-state index in [4.69, 9.17) is 0 Å². The number of carbonyl (C=O) groups excluding carboxylic acids is 1. The summed E-state index contributed by atoms with van der Waals surface area (Å²) in [6.07, 6.45) is 4.32. The van der Waals surface area contributed by atoms with Crippen molar-refractivity contribution < 1.29 is 9.90 Å². The maximum absolute atomic E-state index is 13.4. The predicted molar refractivity (Wildman–Crippen MR) is 107 cm³/mol. The van der Waals surface area contributed by atoms with Gasteiger partial charge < -0.3 is 10.0 Å². The molecular weight excluding hydrogens is 358 g/mol. The van der Waals surface area contributed by atoms with Gasteiger partial charge in [-0.3, -0.25) is 9.48 Å². The molecule has 2 saturated heterocycles. The summed E-state index contributed by atoms with van der Waals surface area (Å²) in [5.41, 5.74) is 2.00. The van der Waals surface area contributed by atoms with Gasteiger partial charge in [-0.15, -0.1) is 11.3 Å². The molecule has 0 saturated carbocycles. The molecule has 4 heterocycles. The fourth-order valence-corrected chi connectivity index (χ4v) is 5.78. The second-order valence-corrected chi connectivity index (χ2v) is 8.77. The molecule has 27 heavy (non-hydrogen) atoms. The van der Waals surface area contributed by atoms with Gasteiger partial charge in [-0.1, -0.05) is 30.3 Å². The van der Waals surface area contributed by atoms with Crippen LogP contribution in [0.1, 0.15) is 41.8 Å². The third-order valence-corrected chi connectivity index (χ3v) is 7.14. The van der Waals surface area contributed by atoms with Gasteiger partial charge in [-0.25, -0.2) is 0 Å². The average molecular weight is 382 g/mol. The maximum Gasteiger partial charge on any atom is 0.264 e. The van der Waals surface area contributed by atoms with Crippen molar-refractivity contribution in [2.45, 2.75) is 50.3 Å². The van der Waals surface area contributed by atoms with Crippen LogP contribution in [0.4, 0.5) is 0 Å². The average Bonchev–Trinajstić information content (AvgIpc) is 3.22. The molecule has 3 aromatic rings. The monoisotopic (exact) mass is 381 g/mol. The number of aromatic nitrogens is 2. The van der Waals surface area contributed by atoms with Gasteiger partial charge in [0.2, 0.25) is 0 Å². The smallest absolute Gasteiger partial charge is 0.264 e. The van der Waals surface area contributed by atoms with Crippen molar-refractivity contribution in [3.63, 3.8) is 0 Å². The number of nitrogens with zero attached hydrogens (tertiary/aromatic N) is 3. The Kier molecular flexibility index (Phi) is 4.06. The molecule has 140 valence electrons. The molecule has 1 unspecified atom stereocenters. The molecule has 3 atom stereocenters.